The summed E-state index contributed by atoms with van der Waals surface area (Å²) in [7, 11) is 0. The first-order valence-corrected chi connectivity index (χ1v) is 6.82. The third-order valence-corrected chi connectivity index (χ3v) is 3.21. The minimum atomic E-state index is 0.386. The molecule has 0 saturated heterocycles. The van der Waals surface area contributed by atoms with Gasteiger partial charge in [0.2, 0.25) is 0 Å². The molecule has 0 radical (unpaired) electrons. The average Bonchev–Trinajstić information content (AvgIpc) is 2.53. The highest BCUT2D eigenvalue weighted by Gasteiger charge is 2.05. The zero-order chi connectivity index (χ0) is 12.8. The van der Waals surface area contributed by atoms with Gasteiger partial charge in [-0.3, -0.25) is 0 Å². The molecule has 0 aliphatic rings. The van der Waals surface area contributed by atoms with Crippen LogP contribution in [0.3, 0.4) is 0 Å². The molecule has 96 valence electrons. The number of aromatic nitrogens is 1. The van der Waals surface area contributed by atoms with Crippen molar-refractivity contribution in [2.24, 2.45) is 4.99 Å². The molecule has 2 N–H and O–H groups in total. The zero-order valence-corrected chi connectivity index (χ0v) is 12.1. The SMILES string of the molecule is CCNC(=NCc1sc(C)nc1C)NC(C)C. The second kappa shape index (κ2) is 6.59. The number of hydrogen-bond acceptors (Lipinski definition) is 3. The standard InChI is InChI=1S/C12H22N4S/c1-6-13-12(15-8(2)3)14-7-11-9(4)16-10(5)17-11/h8H,6-7H2,1-5H3,(H2,13,14,15). The number of aliphatic imine (C=N–C) groups is 1. The summed E-state index contributed by atoms with van der Waals surface area (Å²) in [5, 5.41) is 7.64. The van der Waals surface area contributed by atoms with Crippen molar-refractivity contribution in [2.45, 2.75) is 47.2 Å². The molecule has 0 spiro atoms. The van der Waals surface area contributed by atoms with Crippen molar-refractivity contribution in [3.63, 3.8) is 0 Å². The van der Waals surface area contributed by atoms with Crippen LogP contribution in [-0.2, 0) is 6.54 Å². The van der Waals surface area contributed by atoms with Gasteiger partial charge in [0.1, 0.15) is 0 Å². The van der Waals surface area contributed by atoms with Crippen molar-refractivity contribution in [3.8, 4) is 0 Å². The first-order valence-electron chi connectivity index (χ1n) is 6.00. The van der Waals surface area contributed by atoms with E-state index in [9.17, 15) is 0 Å². The van der Waals surface area contributed by atoms with E-state index in [-0.39, 0.29) is 0 Å². The van der Waals surface area contributed by atoms with Gasteiger partial charge in [0, 0.05) is 17.5 Å². The van der Waals surface area contributed by atoms with E-state index < -0.39 is 0 Å². The van der Waals surface area contributed by atoms with Gasteiger partial charge >= 0.3 is 0 Å². The van der Waals surface area contributed by atoms with Gasteiger partial charge in [0.25, 0.3) is 0 Å². The van der Waals surface area contributed by atoms with Crippen LogP contribution in [0.2, 0.25) is 0 Å². The summed E-state index contributed by atoms with van der Waals surface area (Å²) in [5.41, 5.74) is 1.09. The van der Waals surface area contributed by atoms with Crippen molar-refractivity contribution < 1.29 is 0 Å². The van der Waals surface area contributed by atoms with Crippen LogP contribution in [0.1, 0.15) is 36.3 Å². The molecule has 17 heavy (non-hydrogen) atoms. The van der Waals surface area contributed by atoms with Crippen molar-refractivity contribution in [1.82, 2.24) is 15.6 Å². The third-order valence-electron chi connectivity index (χ3n) is 2.15. The highest BCUT2D eigenvalue weighted by molar-refractivity contribution is 7.11. The fourth-order valence-corrected chi connectivity index (χ4v) is 2.33. The lowest BCUT2D eigenvalue weighted by Crippen LogP contribution is -2.40. The molecular formula is C12H22N4S. The molecule has 0 aliphatic carbocycles. The Labute approximate surface area is 108 Å². The Morgan fingerprint density at radius 1 is 1.41 bits per heavy atom. The lowest BCUT2D eigenvalue weighted by Gasteiger charge is -2.13. The van der Waals surface area contributed by atoms with Crippen LogP contribution in [-0.4, -0.2) is 23.5 Å². The van der Waals surface area contributed by atoms with E-state index in [4.69, 9.17) is 0 Å². The number of thiazole rings is 1. The minimum Gasteiger partial charge on any atom is -0.357 e. The Hall–Kier alpha value is -1.10. The molecular weight excluding hydrogens is 232 g/mol. The summed E-state index contributed by atoms with van der Waals surface area (Å²) in [4.78, 5) is 10.2. The molecule has 0 atom stereocenters. The van der Waals surface area contributed by atoms with Gasteiger partial charge in [0.05, 0.1) is 17.2 Å². The van der Waals surface area contributed by atoms with Crippen LogP contribution in [0.25, 0.3) is 0 Å². The topological polar surface area (TPSA) is 49.3 Å². The smallest absolute Gasteiger partial charge is 0.191 e. The Kier molecular flexibility index (Phi) is 5.41. The summed E-state index contributed by atoms with van der Waals surface area (Å²) in [5.74, 6) is 0.868. The Bertz CT molecular complexity index is 382. The highest BCUT2D eigenvalue weighted by atomic mass is 32.1. The van der Waals surface area contributed by atoms with Crippen LogP contribution in [0.4, 0.5) is 0 Å². The summed E-state index contributed by atoms with van der Waals surface area (Å²) < 4.78 is 0. The molecule has 0 aliphatic heterocycles. The molecule has 0 unspecified atom stereocenters. The fourth-order valence-electron chi connectivity index (χ4n) is 1.46. The first kappa shape index (κ1) is 14.0. The first-order chi connectivity index (χ1) is 8.02. The lowest BCUT2D eigenvalue weighted by atomic mass is 10.4. The summed E-state index contributed by atoms with van der Waals surface area (Å²) in [6.45, 7) is 11.9. The maximum absolute atomic E-state index is 4.56. The maximum atomic E-state index is 4.56. The van der Waals surface area contributed by atoms with Gasteiger partial charge in [-0.15, -0.1) is 11.3 Å². The van der Waals surface area contributed by atoms with Crippen LogP contribution in [0.5, 0.6) is 0 Å². The van der Waals surface area contributed by atoms with Gasteiger partial charge in [-0.05, 0) is 34.6 Å². The molecule has 0 aromatic carbocycles. The predicted molar refractivity (Wildman–Crippen MR) is 74.7 cm³/mol. The van der Waals surface area contributed by atoms with E-state index in [1.807, 2.05) is 13.8 Å². The highest BCUT2D eigenvalue weighted by Crippen LogP contribution is 2.17. The van der Waals surface area contributed by atoms with Crippen LogP contribution in [0.15, 0.2) is 4.99 Å². The molecule has 0 saturated carbocycles. The largest absolute Gasteiger partial charge is 0.357 e. The summed E-state index contributed by atoms with van der Waals surface area (Å²) in [6, 6.07) is 0.386. The lowest BCUT2D eigenvalue weighted by molar-refractivity contribution is 0.701. The predicted octanol–water partition coefficient (Wildman–Crippen LogP) is 2.22. The van der Waals surface area contributed by atoms with Gasteiger partial charge < -0.3 is 10.6 Å². The normalized spacial score (nSPS) is 12.0. The van der Waals surface area contributed by atoms with Gasteiger partial charge in [-0.1, -0.05) is 0 Å². The number of guanidine groups is 1. The summed E-state index contributed by atoms with van der Waals surface area (Å²) in [6.07, 6.45) is 0. The van der Waals surface area contributed by atoms with Crippen molar-refractivity contribution >= 4 is 17.3 Å². The van der Waals surface area contributed by atoms with Gasteiger partial charge in [-0.25, -0.2) is 9.98 Å². The molecule has 0 fully saturated rings. The monoisotopic (exact) mass is 254 g/mol. The Balaban J connectivity index is 2.68. The van der Waals surface area contributed by atoms with Gasteiger partial charge in [-0.2, -0.15) is 0 Å². The number of hydrogen-bond donors (Lipinski definition) is 2. The van der Waals surface area contributed by atoms with E-state index >= 15 is 0 Å². The number of aryl methyl sites for hydroxylation is 2. The Morgan fingerprint density at radius 2 is 2.12 bits per heavy atom. The van der Waals surface area contributed by atoms with E-state index in [1.165, 1.54) is 4.88 Å². The van der Waals surface area contributed by atoms with Crippen LogP contribution in [0, 0.1) is 13.8 Å². The molecule has 5 heteroatoms. The fraction of sp³-hybridized carbons (Fsp3) is 0.667. The molecule has 1 heterocycles. The van der Waals surface area contributed by atoms with Crippen molar-refractivity contribution in [1.29, 1.82) is 0 Å². The average molecular weight is 254 g/mol. The van der Waals surface area contributed by atoms with Crippen LogP contribution >= 0.6 is 11.3 Å². The molecule has 4 nitrogen and oxygen atoms in total. The second-order valence-electron chi connectivity index (χ2n) is 4.24. The number of nitrogens with one attached hydrogen (secondary N) is 2. The van der Waals surface area contributed by atoms with E-state index in [2.05, 4.69) is 41.4 Å². The Morgan fingerprint density at radius 3 is 2.59 bits per heavy atom. The van der Waals surface area contributed by atoms with Crippen molar-refractivity contribution in [3.05, 3.63) is 15.6 Å². The number of nitrogens with zero attached hydrogens (tertiary/aromatic N) is 2. The number of rotatable bonds is 4. The molecule has 1 aromatic rings. The zero-order valence-electron chi connectivity index (χ0n) is 11.3. The summed E-state index contributed by atoms with van der Waals surface area (Å²) >= 11 is 1.72. The van der Waals surface area contributed by atoms with Gasteiger partial charge in [0.15, 0.2) is 5.96 Å². The van der Waals surface area contributed by atoms with Crippen molar-refractivity contribution in [2.75, 3.05) is 6.54 Å². The quantitative estimate of drug-likeness (QED) is 0.640. The van der Waals surface area contributed by atoms with E-state index in [0.29, 0.717) is 12.6 Å². The van der Waals surface area contributed by atoms with Crippen LogP contribution < -0.4 is 10.6 Å². The third kappa shape index (κ3) is 4.73. The molecule has 0 amide bonds. The molecule has 0 bridgehead atoms. The van der Waals surface area contributed by atoms with E-state index in [1.54, 1.807) is 11.3 Å². The molecule has 1 aromatic heterocycles. The maximum Gasteiger partial charge on any atom is 0.191 e. The minimum absolute atomic E-state index is 0.386. The molecule has 1 rings (SSSR count). The second-order valence-corrected chi connectivity index (χ2v) is 5.52. The van der Waals surface area contributed by atoms with E-state index in [0.717, 1.165) is 23.2 Å².